The van der Waals surface area contributed by atoms with E-state index in [9.17, 15) is 12.8 Å². The van der Waals surface area contributed by atoms with Crippen molar-refractivity contribution in [2.45, 2.75) is 4.90 Å². The maximum absolute atomic E-state index is 14.0. The zero-order valence-corrected chi connectivity index (χ0v) is 15.4. The summed E-state index contributed by atoms with van der Waals surface area (Å²) < 4.78 is 43.3. The van der Waals surface area contributed by atoms with Crippen LogP contribution in [0.2, 0.25) is 0 Å². The van der Waals surface area contributed by atoms with Crippen molar-refractivity contribution in [2.24, 2.45) is 0 Å². The van der Waals surface area contributed by atoms with Gasteiger partial charge in [-0.3, -0.25) is 0 Å². The van der Waals surface area contributed by atoms with Crippen LogP contribution in [0.4, 0.5) is 27.4 Å². The lowest BCUT2D eigenvalue weighted by Crippen LogP contribution is -2.08. The van der Waals surface area contributed by atoms with Crippen LogP contribution in [0, 0.1) is 6.08 Å². The number of benzene rings is 2. The standard InChI is InChI=1S/C18H17FN4O3S/c1-26-15-16(20-12-8-4-3-5-9-12)22-18(19)23-17(15)21-13-10-6-7-11-14(13)27(2,24)25/h3-11H,1-2H3,(H2,20,21,22,23). The van der Waals surface area contributed by atoms with E-state index in [0.29, 0.717) is 5.69 Å². The van der Waals surface area contributed by atoms with Crippen LogP contribution >= 0.6 is 0 Å². The lowest BCUT2D eigenvalue weighted by atomic mass is 10.3. The molecule has 0 saturated carbocycles. The van der Waals surface area contributed by atoms with E-state index in [1.54, 1.807) is 30.3 Å². The van der Waals surface area contributed by atoms with Crippen molar-refractivity contribution in [2.75, 3.05) is 24.0 Å². The second-order valence-corrected chi connectivity index (χ2v) is 7.59. The largest absolute Gasteiger partial charge is 0.490 e. The first-order chi connectivity index (χ1) is 12.9. The summed E-state index contributed by atoms with van der Waals surface area (Å²) in [4.78, 5) is 7.52. The molecule has 1 aromatic heterocycles. The summed E-state index contributed by atoms with van der Waals surface area (Å²) in [6.07, 6.45) is 0.0989. The molecule has 0 radical (unpaired) electrons. The summed E-state index contributed by atoms with van der Waals surface area (Å²) in [6.45, 7) is 0. The third kappa shape index (κ3) is 4.32. The second kappa shape index (κ2) is 7.58. The predicted molar refractivity (Wildman–Crippen MR) is 101 cm³/mol. The van der Waals surface area contributed by atoms with Gasteiger partial charge in [0.2, 0.25) is 5.75 Å². The van der Waals surface area contributed by atoms with E-state index in [-0.39, 0.29) is 28.0 Å². The molecular formula is C18H17FN4O3S. The summed E-state index contributed by atoms with van der Waals surface area (Å²) in [7, 11) is -2.11. The average molecular weight is 388 g/mol. The van der Waals surface area contributed by atoms with Crippen molar-refractivity contribution in [1.82, 2.24) is 9.97 Å². The van der Waals surface area contributed by atoms with Crippen LogP contribution in [0.3, 0.4) is 0 Å². The molecule has 0 aliphatic heterocycles. The van der Waals surface area contributed by atoms with Gasteiger partial charge < -0.3 is 15.4 Å². The fourth-order valence-corrected chi connectivity index (χ4v) is 3.31. The Kier molecular flexibility index (Phi) is 5.22. The summed E-state index contributed by atoms with van der Waals surface area (Å²) in [5.41, 5.74) is 0.929. The van der Waals surface area contributed by atoms with Gasteiger partial charge in [0.05, 0.1) is 17.7 Å². The number of aromatic nitrogens is 2. The van der Waals surface area contributed by atoms with E-state index >= 15 is 0 Å². The minimum absolute atomic E-state index is 0.000434. The molecule has 0 amide bonds. The van der Waals surface area contributed by atoms with Gasteiger partial charge in [-0.2, -0.15) is 14.4 Å². The molecule has 0 aliphatic carbocycles. The zero-order valence-electron chi connectivity index (χ0n) is 14.6. The molecule has 0 spiro atoms. The van der Waals surface area contributed by atoms with Crippen molar-refractivity contribution >= 4 is 32.8 Å². The van der Waals surface area contributed by atoms with E-state index in [4.69, 9.17) is 4.74 Å². The van der Waals surface area contributed by atoms with Crippen LogP contribution in [0.1, 0.15) is 0 Å². The van der Waals surface area contributed by atoms with Crippen LogP contribution in [-0.4, -0.2) is 31.8 Å². The van der Waals surface area contributed by atoms with Gasteiger partial charge in [-0.1, -0.05) is 30.3 Å². The van der Waals surface area contributed by atoms with E-state index in [1.807, 2.05) is 18.2 Å². The highest BCUT2D eigenvalue weighted by Gasteiger charge is 2.19. The highest BCUT2D eigenvalue weighted by Crippen LogP contribution is 2.35. The van der Waals surface area contributed by atoms with Crippen molar-refractivity contribution in [3.05, 3.63) is 60.7 Å². The van der Waals surface area contributed by atoms with E-state index in [1.165, 1.54) is 13.2 Å². The molecule has 0 unspecified atom stereocenters. The monoisotopic (exact) mass is 388 g/mol. The minimum Gasteiger partial charge on any atom is -0.490 e. The number of rotatable bonds is 6. The quantitative estimate of drug-likeness (QED) is 0.624. The Morgan fingerprint density at radius 3 is 2.15 bits per heavy atom. The molecule has 0 aliphatic rings. The summed E-state index contributed by atoms with van der Waals surface area (Å²) in [6, 6.07) is 15.3. The van der Waals surface area contributed by atoms with E-state index in [2.05, 4.69) is 20.6 Å². The van der Waals surface area contributed by atoms with Gasteiger partial charge in [-0.25, -0.2) is 8.42 Å². The maximum atomic E-state index is 14.0. The Balaban J connectivity index is 2.04. The third-order valence-electron chi connectivity index (χ3n) is 3.62. The Bertz CT molecular complexity index is 1060. The number of hydrogen-bond acceptors (Lipinski definition) is 7. The molecule has 1 heterocycles. The van der Waals surface area contributed by atoms with Gasteiger partial charge in [-0.05, 0) is 24.3 Å². The average Bonchev–Trinajstić information content (AvgIpc) is 2.62. The molecule has 0 saturated heterocycles. The van der Waals surface area contributed by atoms with Crippen molar-refractivity contribution in [3.63, 3.8) is 0 Å². The lowest BCUT2D eigenvalue weighted by Gasteiger charge is -2.16. The molecule has 2 aromatic carbocycles. The normalized spacial score (nSPS) is 11.1. The number of nitrogens with zero attached hydrogens (tertiary/aromatic N) is 2. The van der Waals surface area contributed by atoms with Gasteiger partial charge >= 0.3 is 6.08 Å². The summed E-state index contributed by atoms with van der Waals surface area (Å²) in [5.74, 6) is 0.249. The number of hydrogen-bond donors (Lipinski definition) is 2. The molecule has 0 atom stereocenters. The fourth-order valence-electron chi connectivity index (χ4n) is 2.47. The predicted octanol–water partition coefficient (Wildman–Crippen LogP) is 3.52. The maximum Gasteiger partial charge on any atom is 0.312 e. The SMILES string of the molecule is COc1c(Nc2ccccc2)nc(F)nc1Nc1ccccc1S(C)(=O)=O. The number of methoxy groups -OCH3 is 1. The van der Waals surface area contributed by atoms with Gasteiger partial charge in [0.25, 0.3) is 0 Å². The second-order valence-electron chi connectivity index (χ2n) is 5.61. The van der Waals surface area contributed by atoms with E-state index in [0.717, 1.165) is 6.26 Å². The molecule has 9 heteroatoms. The van der Waals surface area contributed by atoms with Gasteiger partial charge in [0.1, 0.15) is 0 Å². The van der Waals surface area contributed by atoms with Crippen LogP contribution in [0.25, 0.3) is 0 Å². The van der Waals surface area contributed by atoms with Crippen molar-refractivity contribution in [1.29, 1.82) is 0 Å². The lowest BCUT2D eigenvalue weighted by molar-refractivity contribution is 0.410. The van der Waals surface area contributed by atoms with Gasteiger partial charge in [0, 0.05) is 11.9 Å². The minimum atomic E-state index is -3.50. The number of anilines is 4. The smallest absolute Gasteiger partial charge is 0.312 e. The highest BCUT2D eigenvalue weighted by molar-refractivity contribution is 7.90. The van der Waals surface area contributed by atoms with Crippen molar-refractivity contribution < 1.29 is 17.5 Å². The topological polar surface area (TPSA) is 93.2 Å². The first-order valence-electron chi connectivity index (χ1n) is 7.88. The molecule has 27 heavy (non-hydrogen) atoms. The molecule has 7 nitrogen and oxygen atoms in total. The molecule has 3 rings (SSSR count). The number of para-hydroxylation sites is 2. The van der Waals surface area contributed by atoms with Crippen LogP contribution in [0.5, 0.6) is 5.75 Å². The highest BCUT2D eigenvalue weighted by atomic mass is 32.2. The molecule has 0 bridgehead atoms. The number of sulfone groups is 1. The molecule has 140 valence electrons. The third-order valence-corrected chi connectivity index (χ3v) is 4.77. The fraction of sp³-hybridized carbons (Fsp3) is 0.111. The van der Waals surface area contributed by atoms with Gasteiger partial charge in [0.15, 0.2) is 21.5 Å². The van der Waals surface area contributed by atoms with Crippen LogP contribution in [0.15, 0.2) is 59.5 Å². The van der Waals surface area contributed by atoms with E-state index < -0.39 is 15.9 Å². The Morgan fingerprint density at radius 2 is 1.52 bits per heavy atom. The molecule has 0 fully saturated rings. The first-order valence-corrected chi connectivity index (χ1v) is 9.77. The van der Waals surface area contributed by atoms with Crippen molar-refractivity contribution in [3.8, 4) is 5.75 Å². The Hall–Kier alpha value is -3.20. The number of halogens is 1. The molecule has 3 aromatic rings. The number of nitrogens with one attached hydrogen (secondary N) is 2. The zero-order chi connectivity index (χ0) is 19.4. The van der Waals surface area contributed by atoms with Crippen LogP contribution < -0.4 is 15.4 Å². The summed E-state index contributed by atoms with van der Waals surface area (Å²) in [5, 5.41) is 5.79. The van der Waals surface area contributed by atoms with Crippen LogP contribution in [-0.2, 0) is 9.84 Å². The molecule has 2 N–H and O–H groups in total. The first kappa shape index (κ1) is 18.6. The summed E-state index contributed by atoms with van der Waals surface area (Å²) >= 11 is 0. The number of ether oxygens (including phenoxy) is 1. The molecular weight excluding hydrogens is 371 g/mol. The Labute approximate surface area is 156 Å². The van der Waals surface area contributed by atoms with Gasteiger partial charge in [-0.15, -0.1) is 0 Å². The Morgan fingerprint density at radius 1 is 0.926 bits per heavy atom.